The molecule has 0 aliphatic rings. The predicted octanol–water partition coefficient (Wildman–Crippen LogP) is 4.16. The van der Waals surface area contributed by atoms with Gasteiger partial charge in [0.15, 0.2) is 9.76 Å². The smallest absolute Gasteiger partial charge is 0.416 e. The summed E-state index contributed by atoms with van der Waals surface area (Å²) in [6, 6.07) is 5.35. The molecule has 0 saturated heterocycles. The predicted molar refractivity (Wildman–Crippen MR) is 73.7 cm³/mol. The topological polar surface area (TPSA) is 9.23 Å². The number of hydrogen-bond donors (Lipinski definition) is 0. The standard InChI is InChI=1S/C14H21F3OSi/c1-10(2)13(3,4)19-18-9-11-6-5-7-12(8-11)14(15,16)17/h5-8,10H,9,19H2,1-4H3. The second kappa shape index (κ2) is 6.09. The van der Waals surface area contributed by atoms with Gasteiger partial charge in [0.1, 0.15) is 0 Å². The Morgan fingerprint density at radius 1 is 1.21 bits per heavy atom. The Balaban J connectivity index is 2.60. The van der Waals surface area contributed by atoms with Gasteiger partial charge in [-0.15, -0.1) is 0 Å². The highest BCUT2D eigenvalue weighted by Crippen LogP contribution is 2.33. The molecule has 0 aliphatic heterocycles. The monoisotopic (exact) mass is 290 g/mol. The van der Waals surface area contributed by atoms with Crippen molar-refractivity contribution in [2.75, 3.05) is 0 Å². The van der Waals surface area contributed by atoms with Gasteiger partial charge < -0.3 is 4.43 Å². The Morgan fingerprint density at radius 2 is 1.84 bits per heavy atom. The fourth-order valence-corrected chi connectivity index (χ4v) is 2.63. The molecule has 19 heavy (non-hydrogen) atoms. The number of benzene rings is 1. The summed E-state index contributed by atoms with van der Waals surface area (Å²) < 4.78 is 43.3. The summed E-state index contributed by atoms with van der Waals surface area (Å²) in [4.78, 5) is 0. The summed E-state index contributed by atoms with van der Waals surface area (Å²) in [5.74, 6) is 0.515. The van der Waals surface area contributed by atoms with Crippen LogP contribution in [0.1, 0.15) is 38.8 Å². The van der Waals surface area contributed by atoms with Gasteiger partial charge in [0.2, 0.25) is 0 Å². The van der Waals surface area contributed by atoms with E-state index >= 15 is 0 Å². The lowest BCUT2D eigenvalue weighted by molar-refractivity contribution is -0.137. The van der Waals surface area contributed by atoms with Crippen molar-refractivity contribution in [1.82, 2.24) is 0 Å². The van der Waals surface area contributed by atoms with Crippen LogP contribution >= 0.6 is 0 Å². The highest BCUT2D eigenvalue weighted by atomic mass is 28.2. The molecule has 1 nitrogen and oxygen atoms in total. The van der Waals surface area contributed by atoms with Crippen LogP contribution in [0.15, 0.2) is 24.3 Å². The van der Waals surface area contributed by atoms with E-state index in [0.29, 0.717) is 11.5 Å². The fourth-order valence-electron chi connectivity index (χ4n) is 1.44. The summed E-state index contributed by atoms with van der Waals surface area (Å²) in [6.07, 6.45) is -4.29. The molecule has 0 atom stereocenters. The van der Waals surface area contributed by atoms with Crippen LogP contribution in [-0.2, 0) is 17.2 Å². The van der Waals surface area contributed by atoms with E-state index in [0.717, 1.165) is 12.1 Å². The molecule has 1 aromatic rings. The number of alkyl halides is 3. The van der Waals surface area contributed by atoms with Crippen molar-refractivity contribution in [3.05, 3.63) is 35.4 Å². The molecule has 0 aliphatic carbocycles. The van der Waals surface area contributed by atoms with Crippen molar-refractivity contribution >= 4 is 9.76 Å². The maximum atomic E-state index is 12.6. The molecule has 0 saturated carbocycles. The second-order valence-electron chi connectivity index (χ2n) is 5.83. The number of hydrogen-bond acceptors (Lipinski definition) is 1. The molecule has 0 fully saturated rings. The van der Waals surface area contributed by atoms with Gasteiger partial charge in [0.05, 0.1) is 12.2 Å². The first kappa shape index (κ1) is 16.2. The summed E-state index contributed by atoms with van der Waals surface area (Å²) in [5, 5.41) is 0.154. The zero-order valence-corrected chi connectivity index (χ0v) is 13.3. The molecule has 0 bridgehead atoms. The van der Waals surface area contributed by atoms with Crippen molar-refractivity contribution in [3.8, 4) is 0 Å². The number of halogens is 3. The zero-order valence-electron chi connectivity index (χ0n) is 11.8. The normalized spacial score (nSPS) is 13.7. The average molecular weight is 290 g/mol. The summed E-state index contributed by atoms with van der Waals surface area (Å²) in [7, 11) is -0.780. The van der Waals surface area contributed by atoms with Crippen LogP contribution in [0.4, 0.5) is 13.2 Å². The summed E-state index contributed by atoms with van der Waals surface area (Å²) in [5.41, 5.74) is -0.0275. The minimum absolute atomic E-state index is 0.154. The van der Waals surface area contributed by atoms with Crippen LogP contribution in [-0.4, -0.2) is 9.76 Å². The van der Waals surface area contributed by atoms with E-state index in [-0.39, 0.29) is 11.6 Å². The molecular formula is C14H21F3OSi. The van der Waals surface area contributed by atoms with Crippen molar-refractivity contribution < 1.29 is 17.6 Å². The Bertz CT molecular complexity index is 413. The van der Waals surface area contributed by atoms with E-state index in [1.54, 1.807) is 6.07 Å². The van der Waals surface area contributed by atoms with Crippen molar-refractivity contribution in [3.63, 3.8) is 0 Å². The third-order valence-corrected chi connectivity index (χ3v) is 5.53. The molecule has 0 heterocycles. The van der Waals surface area contributed by atoms with E-state index in [2.05, 4.69) is 27.7 Å². The third kappa shape index (κ3) is 4.99. The van der Waals surface area contributed by atoms with E-state index < -0.39 is 21.5 Å². The lowest BCUT2D eigenvalue weighted by atomic mass is 9.99. The molecule has 0 radical (unpaired) electrons. The van der Waals surface area contributed by atoms with Gasteiger partial charge in [0.25, 0.3) is 0 Å². The highest BCUT2D eigenvalue weighted by molar-refractivity contribution is 6.32. The van der Waals surface area contributed by atoms with Crippen molar-refractivity contribution in [1.29, 1.82) is 0 Å². The first-order valence-electron chi connectivity index (χ1n) is 6.37. The van der Waals surface area contributed by atoms with Crippen LogP contribution in [0.25, 0.3) is 0 Å². The van der Waals surface area contributed by atoms with Gasteiger partial charge in [-0.2, -0.15) is 13.2 Å². The Labute approximate surface area is 115 Å². The van der Waals surface area contributed by atoms with Gasteiger partial charge in [-0.3, -0.25) is 0 Å². The number of rotatable bonds is 5. The van der Waals surface area contributed by atoms with E-state index in [4.69, 9.17) is 4.43 Å². The Hall–Kier alpha value is -0.813. The minimum Gasteiger partial charge on any atom is -0.419 e. The first-order chi connectivity index (χ1) is 8.63. The highest BCUT2D eigenvalue weighted by Gasteiger charge is 2.30. The lowest BCUT2D eigenvalue weighted by Crippen LogP contribution is -2.22. The first-order valence-corrected chi connectivity index (χ1v) is 7.65. The van der Waals surface area contributed by atoms with Crippen LogP contribution < -0.4 is 0 Å². The maximum Gasteiger partial charge on any atom is 0.416 e. The van der Waals surface area contributed by atoms with Crippen LogP contribution in [0, 0.1) is 5.92 Å². The molecule has 0 N–H and O–H groups in total. The lowest BCUT2D eigenvalue weighted by Gasteiger charge is -2.28. The molecule has 0 spiro atoms. The molecule has 108 valence electrons. The quantitative estimate of drug-likeness (QED) is 0.740. The van der Waals surface area contributed by atoms with E-state index in [9.17, 15) is 13.2 Å². The largest absolute Gasteiger partial charge is 0.419 e. The fraction of sp³-hybridized carbons (Fsp3) is 0.571. The van der Waals surface area contributed by atoms with Gasteiger partial charge in [-0.1, -0.05) is 39.8 Å². The van der Waals surface area contributed by atoms with Crippen LogP contribution in [0.3, 0.4) is 0 Å². The molecule has 0 aromatic heterocycles. The molecular weight excluding hydrogens is 269 g/mol. The second-order valence-corrected chi connectivity index (χ2v) is 8.35. The zero-order chi connectivity index (χ0) is 14.7. The van der Waals surface area contributed by atoms with Gasteiger partial charge >= 0.3 is 6.18 Å². The minimum atomic E-state index is -4.29. The van der Waals surface area contributed by atoms with E-state index in [1.807, 2.05) is 0 Å². The van der Waals surface area contributed by atoms with E-state index in [1.165, 1.54) is 6.07 Å². The SMILES string of the molecule is CC(C)C(C)(C)[SiH2]OCc1cccc(C(F)(F)F)c1. The van der Waals surface area contributed by atoms with Crippen LogP contribution in [0.2, 0.25) is 5.04 Å². The van der Waals surface area contributed by atoms with Gasteiger partial charge in [-0.05, 0) is 28.7 Å². The average Bonchev–Trinajstić information content (AvgIpc) is 2.28. The molecule has 0 amide bonds. The van der Waals surface area contributed by atoms with Crippen LogP contribution in [0.5, 0.6) is 0 Å². The third-order valence-electron chi connectivity index (χ3n) is 3.56. The molecule has 1 aromatic carbocycles. The Morgan fingerprint density at radius 3 is 2.37 bits per heavy atom. The Kier molecular flexibility index (Phi) is 5.21. The molecule has 5 heteroatoms. The van der Waals surface area contributed by atoms with Crippen molar-refractivity contribution in [2.45, 2.75) is 45.5 Å². The van der Waals surface area contributed by atoms with Gasteiger partial charge in [-0.25, -0.2) is 0 Å². The summed E-state index contributed by atoms with van der Waals surface area (Å²) in [6.45, 7) is 8.85. The molecule has 0 unspecified atom stereocenters. The maximum absolute atomic E-state index is 12.6. The van der Waals surface area contributed by atoms with Crippen molar-refractivity contribution in [2.24, 2.45) is 5.92 Å². The van der Waals surface area contributed by atoms with Gasteiger partial charge in [0, 0.05) is 0 Å². The summed E-state index contributed by atoms with van der Waals surface area (Å²) >= 11 is 0. The molecule has 1 rings (SSSR count).